The average Bonchev–Trinajstić information content (AvgIpc) is 2.92. The van der Waals surface area contributed by atoms with Gasteiger partial charge in [-0.15, -0.1) is 0 Å². The third-order valence-electron chi connectivity index (χ3n) is 4.43. The molecular weight excluding hydrogens is 260 g/mol. The molecule has 6 heteroatoms. The Labute approximate surface area is 119 Å². The number of carbonyl (C=O) groups is 2. The van der Waals surface area contributed by atoms with E-state index in [1.54, 1.807) is 0 Å². The lowest BCUT2D eigenvalue weighted by atomic mass is 9.84. The van der Waals surface area contributed by atoms with Gasteiger partial charge in [0.2, 0.25) is 0 Å². The molecule has 0 radical (unpaired) electrons. The topological polar surface area (TPSA) is 87.7 Å². The zero-order chi connectivity index (χ0) is 14.5. The zero-order valence-corrected chi connectivity index (χ0v) is 11.9. The van der Waals surface area contributed by atoms with Gasteiger partial charge in [-0.05, 0) is 26.2 Å². The maximum atomic E-state index is 12.0. The van der Waals surface area contributed by atoms with Gasteiger partial charge in [0, 0.05) is 24.6 Å². The van der Waals surface area contributed by atoms with E-state index in [9.17, 15) is 14.7 Å². The molecule has 3 N–H and O–H groups in total. The summed E-state index contributed by atoms with van der Waals surface area (Å²) in [7, 11) is 0. The van der Waals surface area contributed by atoms with Crippen LogP contribution in [0.5, 0.6) is 0 Å². The van der Waals surface area contributed by atoms with Gasteiger partial charge in [-0.1, -0.05) is 12.8 Å². The van der Waals surface area contributed by atoms with Crippen LogP contribution in [0.4, 0.5) is 4.79 Å². The van der Waals surface area contributed by atoms with Crippen LogP contribution in [0.2, 0.25) is 0 Å². The van der Waals surface area contributed by atoms with Crippen molar-refractivity contribution in [2.24, 2.45) is 11.8 Å². The second-order valence-electron chi connectivity index (χ2n) is 5.87. The van der Waals surface area contributed by atoms with Crippen molar-refractivity contribution < 1.29 is 19.4 Å². The number of aliphatic carboxylic acids is 1. The summed E-state index contributed by atoms with van der Waals surface area (Å²) in [6, 6.07) is -0.472. The molecule has 1 aliphatic carbocycles. The van der Waals surface area contributed by atoms with Crippen LogP contribution < -0.4 is 10.6 Å². The highest BCUT2D eigenvalue weighted by molar-refractivity contribution is 5.77. The molecule has 2 rings (SSSR count). The second-order valence-corrected chi connectivity index (χ2v) is 5.87. The number of hydrogen-bond acceptors (Lipinski definition) is 3. The van der Waals surface area contributed by atoms with E-state index < -0.39 is 11.9 Å². The monoisotopic (exact) mass is 284 g/mol. The standard InChI is InChI=1S/C14H24N2O4/c1-9(10-6-7-20-8-10)15-14(19)16-12-5-3-2-4-11(12)13(17)18/h9-12H,2-8H2,1H3,(H,17,18)(H2,15,16,19). The summed E-state index contributed by atoms with van der Waals surface area (Å²) < 4.78 is 5.31. The Morgan fingerprint density at radius 2 is 2.00 bits per heavy atom. The maximum Gasteiger partial charge on any atom is 0.315 e. The first-order chi connectivity index (χ1) is 9.58. The molecule has 0 aromatic carbocycles. The molecule has 0 aromatic heterocycles. The minimum atomic E-state index is -0.813. The van der Waals surface area contributed by atoms with Crippen molar-refractivity contribution >= 4 is 12.0 Å². The molecule has 1 aliphatic heterocycles. The van der Waals surface area contributed by atoms with Crippen molar-refractivity contribution in [1.82, 2.24) is 10.6 Å². The van der Waals surface area contributed by atoms with Gasteiger partial charge < -0.3 is 20.5 Å². The van der Waals surface area contributed by atoms with Crippen LogP contribution in [0.25, 0.3) is 0 Å². The van der Waals surface area contributed by atoms with Crippen molar-refractivity contribution in [3.63, 3.8) is 0 Å². The molecule has 20 heavy (non-hydrogen) atoms. The molecule has 0 aromatic rings. The van der Waals surface area contributed by atoms with Gasteiger partial charge in [-0.3, -0.25) is 4.79 Å². The minimum Gasteiger partial charge on any atom is -0.481 e. The van der Waals surface area contributed by atoms with E-state index in [0.29, 0.717) is 18.9 Å². The summed E-state index contributed by atoms with van der Waals surface area (Å²) in [5, 5.41) is 14.9. The van der Waals surface area contributed by atoms with Gasteiger partial charge in [-0.25, -0.2) is 4.79 Å². The van der Waals surface area contributed by atoms with Crippen LogP contribution in [0.15, 0.2) is 0 Å². The largest absolute Gasteiger partial charge is 0.481 e. The summed E-state index contributed by atoms with van der Waals surface area (Å²) in [5.74, 6) is -0.922. The quantitative estimate of drug-likeness (QED) is 0.727. The highest BCUT2D eigenvalue weighted by Crippen LogP contribution is 2.24. The summed E-state index contributed by atoms with van der Waals surface area (Å²) in [6.07, 6.45) is 4.24. The SMILES string of the molecule is CC(NC(=O)NC1CCCCC1C(=O)O)C1CCOC1. The second kappa shape index (κ2) is 6.92. The van der Waals surface area contributed by atoms with Gasteiger partial charge in [0.1, 0.15) is 0 Å². The highest BCUT2D eigenvalue weighted by atomic mass is 16.5. The van der Waals surface area contributed by atoms with Gasteiger partial charge in [0.25, 0.3) is 0 Å². The number of rotatable bonds is 4. The van der Waals surface area contributed by atoms with E-state index in [2.05, 4.69) is 10.6 Å². The molecule has 1 heterocycles. The fraction of sp³-hybridized carbons (Fsp3) is 0.857. The molecule has 0 bridgehead atoms. The van der Waals surface area contributed by atoms with E-state index in [1.165, 1.54) is 0 Å². The van der Waals surface area contributed by atoms with E-state index in [-0.39, 0.29) is 18.1 Å². The van der Waals surface area contributed by atoms with Gasteiger partial charge >= 0.3 is 12.0 Å². The Morgan fingerprint density at radius 1 is 1.25 bits per heavy atom. The third-order valence-corrected chi connectivity index (χ3v) is 4.43. The molecule has 2 fully saturated rings. The van der Waals surface area contributed by atoms with Crippen molar-refractivity contribution in [2.45, 2.75) is 51.1 Å². The van der Waals surface area contributed by atoms with Crippen molar-refractivity contribution in [1.29, 1.82) is 0 Å². The van der Waals surface area contributed by atoms with Crippen LogP contribution in [-0.4, -0.2) is 42.4 Å². The Bertz CT molecular complexity index is 355. The summed E-state index contributed by atoms with van der Waals surface area (Å²) in [5.41, 5.74) is 0. The molecular formula is C14H24N2O4. The van der Waals surface area contributed by atoms with Crippen LogP contribution in [-0.2, 0) is 9.53 Å². The summed E-state index contributed by atoms with van der Waals surface area (Å²) >= 11 is 0. The Hall–Kier alpha value is -1.30. The van der Waals surface area contributed by atoms with Crippen molar-refractivity contribution in [2.75, 3.05) is 13.2 Å². The third kappa shape index (κ3) is 3.85. The van der Waals surface area contributed by atoms with Gasteiger partial charge in [0.05, 0.1) is 12.5 Å². The lowest BCUT2D eigenvalue weighted by Gasteiger charge is -2.30. The number of nitrogens with one attached hydrogen (secondary N) is 2. The summed E-state index contributed by atoms with van der Waals surface area (Å²) in [6.45, 7) is 3.40. The lowest BCUT2D eigenvalue weighted by molar-refractivity contribution is -0.143. The lowest BCUT2D eigenvalue weighted by Crippen LogP contribution is -2.51. The first-order valence-corrected chi connectivity index (χ1v) is 7.45. The Balaban J connectivity index is 1.81. The highest BCUT2D eigenvalue weighted by Gasteiger charge is 2.32. The van der Waals surface area contributed by atoms with Crippen LogP contribution in [0, 0.1) is 11.8 Å². The predicted octanol–water partition coefficient (Wildman–Crippen LogP) is 1.35. The molecule has 1 saturated carbocycles. The van der Waals surface area contributed by atoms with E-state index >= 15 is 0 Å². The molecule has 2 amide bonds. The van der Waals surface area contributed by atoms with Crippen LogP contribution >= 0.6 is 0 Å². The fourth-order valence-electron chi connectivity index (χ4n) is 3.08. The molecule has 114 valence electrons. The van der Waals surface area contributed by atoms with E-state index in [4.69, 9.17) is 4.74 Å². The number of carboxylic acids is 1. The number of carboxylic acid groups (broad SMARTS) is 1. The average molecular weight is 284 g/mol. The first-order valence-electron chi connectivity index (χ1n) is 7.45. The van der Waals surface area contributed by atoms with Gasteiger partial charge in [0.15, 0.2) is 0 Å². The van der Waals surface area contributed by atoms with Crippen LogP contribution in [0.1, 0.15) is 39.0 Å². The van der Waals surface area contributed by atoms with Crippen LogP contribution in [0.3, 0.4) is 0 Å². The fourth-order valence-corrected chi connectivity index (χ4v) is 3.08. The number of hydrogen-bond donors (Lipinski definition) is 3. The van der Waals surface area contributed by atoms with Gasteiger partial charge in [-0.2, -0.15) is 0 Å². The molecule has 4 unspecified atom stereocenters. The zero-order valence-electron chi connectivity index (χ0n) is 11.9. The normalized spacial score (nSPS) is 31.6. The Kier molecular flexibility index (Phi) is 5.23. The minimum absolute atomic E-state index is 0.0457. The maximum absolute atomic E-state index is 12.0. The number of carbonyl (C=O) groups excluding carboxylic acids is 1. The smallest absolute Gasteiger partial charge is 0.315 e. The van der Waals surface area contributed by atoms with Crippen molar-refractivity contribution in [3.8, 4) is 0 Å². The predicted molar refractivity (Wildman–Crippen MR) is 73.4 cm³/mol. The van der Waals surface area contributed by atoms with Crippen molar-refractivity contribution in [3.05, 3.63) is 0 Å². The first kappa shape index (κ1) is 15.1. The molecule has 1 saturated heterocycles. The summed E-state index contributed by atoms with van der Waals surface area (Å²) in [4.78, 5) is 23.2. The number of amides is 2. The Morgan fingerprint density at radius 3 is 2.65 bits per heavy atom. The number of urea groups is 1. The molecule has 4 atom stereocenters. The molecule has 2 aliphatic rings. The number of ether oxygens (including phenoxy) is 1. The molecule has 0 spiro atoms. The molecule has 6 nitrogen and oxygen atoms in total. The van der Waals surface area contributed by atoms with E-state index in [0.717, 1.165) is 32.3 Å². The van der Waals surface area contributed by atoms with E-state index in [1.807, 2.05) is 6.92 Å².